The number of esters is 1. The quantitative estimate of drug-likeness (QED) is 0.667. The van der Waals surface area contributed by atoms with Crippen LogP contribution in [0.1, 0.15) is 63.2 Å². The molecule has 3 rings (SSSR count). The number of thiophene rings is 1. The van der Waals surface area contributed by atoms with E-state index in [9.17, 15) is 9.59 Å². The summed E-state index contributed by atoms with van der Waals surface area (Å²) >= 11 is 1.50. The first-order valence-corrected chi connectivity index (χ1v) is 9.45. The molecule has 0 saturated heterocycles. The van der Waals surface area contributed by atoms with E-state index >= 15 is 0 Å². The van der Waals surface area contributed by atoms with Crippen LogP contribution in [0.3, 0.4) is 0 Å². The molecule has 0 fully saturated rings. The Morgan fingerprint density at radius 1 is 1.32 bits per heavy atom. The predicted octanol–water partition coefficient (Wildman–Crippen LogP) is 3.58. The number of methoxy groups -OCH3 is 1. The molecule has 1 aliphatic carbocycles. The van der Waals surface area contributed by atoms with Crippen LogP contribution < -0.4 is 5.32 Å². The summed E-state index contributed by atoms with van der Waals surface area (Å²) in [7, 11) is 1.38. The van der Waals surface area contributed by atoms with Gasteiger partial charge in [-0.15, -0.1) is 11.3 Å². The van der Waals surface area contributed by atoms with E-state index < -0.39 is 0 Å². The smallest absolute Gasteiger partial charge is 0.341 e. The maximum absolute atomic E-state index is 12.7. The highest BCUT2D eigenvalue weighted by Crippen LogP contribution is 2.38. The van der Waals surface area contributed by atoms with Gasteiger partial charge in [-0.1, -0.05) is 6.42 Å². The van der Waals surface area contributed by atoms with Gasteiger partial charge in [-0.05, 0) is 51.2 Å². The first kappa shape index (κ1) is 17.7. The Morgan fingerprint density at radius 3 is 2.80 bits per heavy atom. The van der Waals surface area contributed by atoms with E-state index in [1.54, 1.807) is 10.7 Å². The Bertz CT molecular complexity index is 807. The van der Waals surface area contributed by atoms with Crippen LogP contribution in [0.5, 0.6) is 0 Å². The Hall–Kier alpha value is -2.15. The summed E-state index contributed by atoms with van der Waals surface area (Å²) < 4.78 is 6.65. The maximum Gasteiger partial charge on any atom is 0.341 e. The SMILES string of the molecule is CCn1nc(C)cc1C(=O)Nc1sc2c(c1C(=O)OC)CCCCC2. The third-order valence-electron chi connectivity index (χ3n) is 4.47. The third-order valence-corrected chi connectivity index (χ3v) is 5.68. The molecule has 1 N–H and O–H groups in total. The van der Waals surface area contributed by atoms with Crippen LogP contribution in [0.25, 0.3) is 0 Å². The molecular weight excluding hydrogens is 338 g/mol. The average Bonchev–Trinajstić information content (AvgIpc) is 3.06. The fourth-order valence-corrected chi connectivity index (χ4v) is 4.56. The number of aryl methyl sites for hydroxylation is 3. The zero-order valence-electron chi connectivity index (χ0n) is 14.8. The summed E-state index contributed by atoms with van der Waals surface area (Å²) in [5.74, 6) is -0.626. The third kappa shape index (κ3) is 3.46. The van der Waals surface area contributed by atoms with Crippen LogP contribution in [0.15, 0.2) is 6.07 Å². The molecule has 0 saturated carbocycles. The predicted molar refractivity (Wildman–Crippen MR) is 97.5 cm³/mol. The first-order chi connectivity index (χ1) is 12.0. The number of carbonyl (C=O) groups excluding carboxylic acids is 2. The zero-order chi connectivity index (χ0) is 18.0. The fourth-order valence-electron chi connectivity index (χ4n) is 3.29. The van der Waals surface area contributed by atoms with Crippen molar-refractivity contribution in [2.75, 3.05) is 12.4 Å². The van der Waals surface area contributed by atoms with E-state index in [0.29, 0.717) is 22.8 Å². The number of ether oxygens (including phenoxy) is 1. The molecule has 1 aliphatic rings. The largest absolute Gasteiger partial charge is 0.465 e. The van der Waals surface area contributed by atoms with Gasteiger partial charge in [0.15, 0.2) is 0 Å². The van der Waals surface area contributed by atoms with Gasteiger partial charge in [0, 0.05) is 11.4 Å². The minimum Gasteiger partial charge on any atom is -0.465 e. The van der Waals surface area contributed by atoms with Gasteiger partial charge in [0.05, 0.1) is 18.4 Å². The summed E-state index contributed by atoms with van der Waals surface area (Å²) in [4.78, 5) is 26.3. The lowest BCUT2D eigenvalue weighted by Crippen LogP contribution is -2.18. The van der Waals surface area contributed by atoms with Gasteiger partial charge in [-0.2, -0.15) is 5.10 Å². The van der Waals surface area contributed by atoms with Crippen molar-refractivity contribution in [2.45, 2.75) is 52.5 Å². The van der Waals surface area contributed by atoms with Gasteiger partial charge in [0.2, 0.25) is 0 Å². The number of hydrogen-bond acceptors (Lipinski definition) is 5. The number of anilines is 1. The standard InChI is InChI=1S/C18H23N3O3S/c1-4-21-13(10-11(2)20-21)16(22)19-17-15(18(23)24-3)12-8-6-5-7-9-14(12)25-17/h10H,4-9H2,1-3H3,(H,19,22). The molecule has 2 heterocycles. The number of aromatic nitrogens is 2. The second-order valence-corrected chi connectivity index (χ2v) is 7.31. The normalized spacial score (nSPS) is 13.9. The van der Waals surface area contributed by atoms with Crippen LogP contribution in [0.4, 0.5) is 5.00 Å². The fraction of sp³-hybridized carbons (Fsp3) is 0.500. The molecule has 2 aromatic rings. The number of rotatable bonds is 4. The Kier molecular flexibility index (Phi) is 5.22. The van der Waals surface area contributed by atoms with Crippen molar-refractivity contribution < 1.29 is 14.3 Å². The van der Waals surface area contributed by atoms with E-state index in [1.807, 2.05) is 13.8 Å². The summed E-state index contributed by atoms with van der Waals surface area (Å²) in [5, 5.41) is 7.82. The molecule has 0 bridgehead atoms. The van der Waals surface area contributed by atoms with Crippen molar-refractivity contribution in [1.82, 2.24) is 9.78 Å². The van der Waals surface area contributed by atoms with Gasteiger partial charge in [-0.3, -0.25) is 9.48 Å². The number of nitrogens with zero attached hydrogens (tertiary/aromatic N) is 2. The number of carbonyl (C=O) groups is 2. The van der Waals surface area contributed by atoms with Crippen LogP contribution >= 0.6 is 11.3 Å². The molecule has 134 valence electrons. The van der Waals surface area contributed by atoms with Crippen LogP contribution in [-0.4, -0.2) is 28.8 Å². The van der Waals surface area contributed by atoms with Crippen LogP contribution in [0, 0.1) is 6.92 Å². The minimum atomic E-state index is -0.380. The lowest BCUT2D eigenvalue weighted by molar-refractivity contribution is 0.0601. The Balaban J connectivity index is 1.96. The van der Waals surface area contributed by atoms with Gasteiger partial charge in [0.1, 0.15) is 10.7 Å². The summed E-state index contributed by atoms with van der Waals surface area (Å²) in [5.41, 5.74) is 2.86. The second-order valence-electron chi connectivity index (χ2n) is 6.20. The van der Waals surface area contributed by atoms with Crippen LogP contribution in [-0.2, 0) is 24.1 Å². The Labute approximate surface area is 151 Å². The van der Waals surface area contributed by atoms with Crippen molar-refractivity contribution in [3.8, 4) is 0 Å². The first-order valence-electron chi connectivity index (χ1n) is 8.63. The van der Waals surface area contributed by atoms with Crippen molar-refractivity contribution in [3.05, 3.63) is 33.5 Å². The number of hydrogen-bond donors (Lipinski definition) is 1. The highest BCUT2D eigenvalue weighted by Gasteiger charge is 2.27. The van der Waals surface area contributed by atoms with E-state index in [1.165, 1.54) is 29.7 Å². The summed E-state index contributed by atoms with van der Waals surface area (Å²) in [6, 6.07) is 1.76. The van der Waals surface area contributed by atoms with E-state index in [0.717, 1.165) is 36.9 Å². The molecule has 0 radical (unpaired) electrons. The van der Waals surface area contributed by atoms with E-state index in [-0.39, 0.29) is 11.9 Å². The van der Waals surface area contributed by atoms with Gasteiger partial charge >= 0.3 is 5.97 Å². The van der Waals surface area contributed by atoms with E-state index in [2.05, 4.69) is 10.4 Å². The van der Waals surface area contributed by atoms with Crippen molar-refractivity contribution in [2.24, 2.45) is 0 Å². The molecule has 0 atom stereocenters. The van der Waals surface area contributed by atoms with Gasteiger partial charge in [0.25, 0.3) is 5.91 Å². The molecule has 6 nitrogen and oxygen atoms in total. The lowest BCUT2D eigenvalue weighted by Gasteiger charge is -2.08. The molecule has 1 amide bonds. The van der Waals surface area contributed by atoms with Gasteiger partial charge < -0.3 is 10.1 Å². The van der Waals surface area contributed by atoms with Gasteiger partial charge in [-0.25, -0.2) is 4.79 Å². The number of fused-ring (bicyclic) bond motifs is 1. The minimum absolute atomic E-state index is 0.246. The molecule has 0 aliphatic heterocycles. The average molecular weight is 361 g/mol. The van der Waals surface area contributed by atoms with Crippen molar-refractivity contribution >= 4 is 28.2 Å². The second kappa shape index (κ2) is 7.39. The van der Waals surface area contributed by atoms with Crippen LogP contribution in [0.2, 0.25) is 0 Å². The number of amides is 1. The number of nitrogens with one attached hydrogen (secondary N) is 1. The highest BCUT2D eigenvalue weighted by atomic mass is 32.1. The maximum atomic E-state index is 12.7. The van der Waals surface area contributed by atoms with Crippen molar-refractivity contribution in [1.29, 1.82) is 0 Å². The zero-order valence-corrected chi connectivity index (χ0v) is 15.7. The van der Waals surface area contributed by atoms with E-state index in [4.69, 9.17) is 4.74 Å². The molecule has 25 heavy (non-hydrogen) atoms. The highest BCUT2D eigenvalue weighted by molar-refractivity contribution is 7.17. The topological polar surface area (TPSA) is 73.2 Å². The monoisotopic (exact) mass is 361 g/mol. The molecule has 0 unspecified atom stereocenters. The summed E-state index contributed by atoms with van der Waals surface area (Å²) in [6.07, 6.45) is 5.15. The molecular formula is C18H23N3O3S. The summed E-state index contributed by atoms with van der Waals surface area (Å²) in [6.45, 7) is 4.41. The molecule has 0 aromatic carbocycles. The molecule has 0 spiro atoms. The Morgan fingerprint density at radius 2 is 2.08 bits per heavy atom. The van der Waals surface area contributed by atoms with Crippen molar-refractivity contribution in [3.63, 3.8) is 0 Å². The molecule has 2 aromatic heterocycles. The lowest BCUT2D eigenvalue weighted by atomic mass is 10.1. The molecule has 7 heteroatoms.